The molecule has 1 aliphatic heterocycles. The minimum atomic E-state index is -0.293. The van der Waals surface area contributed by atoms with E-state index in [2.05, 4.69) is 10.2 Å². The molecule has 0 spiro atoms. The molecule has 0 radical (unpaired) electrons. The van der Waals surface area contributed by atoms with E-state index in [1.165, 1.54) is 0 Å². The topological polar surface area (TPSA) is 67.6 Å². The molecule has 1 amide bonds. The number of primary amides is 1. The summed E-state index contributed by atoms with van der Waals surface area (Å²) in [5.74, 6) is 0.480. The second-order valence-electron chi connectivity index (χ2n) is 4.46. The van der Waals surface area contributed by atoms with Gasteiger partial charge >= 0.3 is 0 Å². The van der Waals surface area contributed by atoms with E-state index in [1.54, 1.807) is 12.1 Å². The molecule has 5 nitrogen and oxygen atoms in total. The lowest BCUT2D eigenvalue weighted by Crippen LogP contribution is -2.57. The number of piperazine rings is 1. The summed E-state index contributed by atoms with van der Waals surface area (Å²) >= 11 is 5.80. The summed E-state index contributed by atoms with van der Waals surface area (Å²) in [6, 6.07) is 6.97. The summed E-state index contributed by atoms with van der Waals surface area (Å²) in [4.78, 5) is 13.4. The monoisotopic (exact) mass is 283 g/mol. The average molecular weight is 284 g/mol. The van der Waals surface area contributed by atoms with Crippen molar-refractivity contribution in [2.75, 3.05) is 32.8 Å². The third kappa shape index (κ3) is 4.09. The summed E-state index contributed by atoms with van der Waals surface area (Å²) in [6.45, 7) is 3.47. The van der Waals surface area contributed by atoms with E-state index in [9.17, 15) is 4.79 Å². The molecule has 1 aromatic carbocycles. The third-order valence-corrected chi connectivity index (χ3v) is 3.40. The largest absolute Gasteiger partial charge is 0.492 e. The average Bonchev–Trinajstić information content (AvgIpc) is 2.41. The van der Waals surface area contributed by atoms with Gasteiger partial charge in [-0.05, 0) is 24.3 Å². The number of benzene rings is 1. The van der Waals surface area contributed by atoms with Crippen LogP contribution in [0.3, 0.4) is 0 Å². The van der Waals surface area contributed by atoms with Crippen LogP contribution in [0.4, 0.5) is 0 Å². The molecule has 1 atom stereocenters. The van der Waals surface area contributed by atoms with Gasteiger partial charge in [-0.1, -0.05) is 11.6 Å². The number of carbonyl (C=O) groups is 1. The first-order valence-electron chi connectivity index (χ1n) is 6.29. The van der Waals surface area contributed by atoms with E-state index >= 15 is 0 Å². The third-order valence-electron chi connectivity index (χ3n) is 3.14. The minimum absolute atomic E-state index is 0.248. The summed E-state index contributed by atoms with van der Waals surface area (Å²) < 4.78 is 5.62. The molecular formula is C13H18ClN3O2. The molecule has 1 unspecified atom stereocenters. The first kappa shape index (κ1) is 14.1. The number of nitrogens with two attached hydrogens (primary N) is 1. The lowest BCUT2D eigenvalue weighted by Gasteiger charge is -2.33. The molecule has 1 fully saturated rings. The Morgan fingerprint density at radius 1 is 1.47 bits per heavy atom. The highest BCUT2D eigenvalue weighted by molar-refractivity contribution is 6.30. The maximum absolute atomic E-state index is 11.3. The van der Waals surface area contributed by atoms with E-state index in [0.29, 0.717) is 24.7 Å². The van der Waals surface area contributed by atoms with Gasteiger partial charge in [-0.25, -0.2) is 0 Å². The van der Waals surface area contributed by atoms with E-state index < -0.39 is 0 Å². The zero-order chi connectivity index (χ0) is 13.7. The van der Waals surface area contributed by atoms with Crippen LogP contribution in [0.15, 0.2) is 24.3 Å². The van der Waals surface area contributed by atoms with Gasteiger partial charge < -0.3 is 15.8 Å². The van der Waals surface area contributed by atoms with Gasteiger partial charge in [-0.3, -0.25) is 9.69 Å². The van der Waals surface area contributed by atoms with Gasteiger partial charge in [0.1, 0.15) is 18.4 Å². The van der Waals surface area contributed by atoms with Crippen molar-refractivity contribution >= 4 is 17.5 Å². The first-order chi connectivity index (χ1) is 9.16. The first-order valence-corrected chi connectivity index (χ1v) is 6.67. The van der Waals surface area contributed by atoms with Crippen molar-refractivity contribution in [3.63, 3.8) is 0 Å². The molecule has 1 aliphatic rings. The number of nitrogens with one attached hydrogen (secondary N) is 1. The normalized spacial score (nSPS) is 20.2. The summed E-state index contributed by atoms with van der Waals surface area (Å²) in [7, 11) is 0. The summed E-state index contributed by atoms with van der Waals surface area (Å²) in [5, 5.41) is 3.85. The molecule has 3 N–H and O–H groups in total. The van der Waals surface area contributed by atoms with Crippen LogP contribution in [0.1, 0.15) is 0 Å². The van der Waals surface area contributed by atoms with Gasteiger partial charge in [0.25, 0.3) is 0 Å². The van der Waals surface area contributed by atoms with E-state index in [0.717, 1.165) is 18.8 Å². The second-order valence-corrected chi connectivity index (χ2v) is 4.90. The maximum atomic E-state index is 11.3. The van der Waals surface area contributed by atoms with E-state index in [1.807, 2.05) is 12.1 Å². The zero-order valence-electron chi connectivity index (χ0n) is 10.6. The van der Waals surface area contributed by atoms with Crippen LogP contribution in [0.2, 0.25) is 5.02 Å². The molecular weight excluding hydrogens is 266 g/mol. The highest BCUT2D eigenvalue weighted by atomic mass is 35.5. The molecule has 6 heteroatoms. The van der Waals surface area contributed by atoms with Crippen LogP contribution in [-0.2, 0) is 4.79 Å². The quantitative estimate of drug-likeness (QED) is 0.825. The van der Waals surface area contributed by atoms with Gasteiger partial charge in [0.15, 0.2) is 0 Å². The number of ether oxygens (including phenoxy) is 1. The molecule has 0 bridgehead atoms. The highest BCUT2D eigenvalue weighted by Crippen LogP contribution is 2.15. The van der Waals surface area contributed by atoms with Crippen molar-refractivity contribution in [3.8, 4) is 5.75 Å². The van der Waals surface area contributed by atoms with Crippen LogP contribution in [-0.4, -0.2) is 49.6 Å². The predicted molar refractivity (Wildman–Crippen MR) is 74.4 cm³/mol. The molecule has 0 aliphatic carbocycles. The van der Waals surface area contributed by atoms with Crippen molar-refractivity contribution < 1.29 is 9.53 Å². The Balaban J connectivity index is 1.80. The molecule has 2 rings (SSSR count). The van der Waals surface area contributed by atoms with E-state index in [-0.39, 0.29) is 11.9 Å². The number of rotatable bonds is 5. The molecule has 1 saturated heterocycles. The Bertz CT molecular complexity index is 424. The number of hydrogen-bond acceptors (Lipinski definition) is 4. The Morgan fingerprint density at radius 3 is 2.89 bits per heavy atom. The number of hydrogen-bond donors (Lipinski definition) is 2. The molecule has 1 heterocycles. The number of amides is 1. The van der Waals surface area contributed by atoms with E-state index in [4.69, 9.17) is 22.1 Å². The minimum Gasteiger partial charge on any atom is -0.492 e. The Morgan fingerprint density at radius 2 is 2.21 bits per heavy atom. The van der Waals surface area contributed by atoms with Crippen molar-refractivity contribution in [3.05, 3.63) is 29.3 Å². The van der Waals surface area contributed by atoms with Gasteiger partial charge in [0, 0.05) is 31.2 Å². The van der Waals surface area contributed by atoms with Gasteiger partial charge in [-0.15, -0.1) is 0 Å². The Kier molecular flexibility index (Phi) is 5.01. The maximum Gasteiger partial charge on any atom is 0.236 e. The van der Waals surface area contributed by atoms with Crippen LogP contribution in [0.25, 0.3) is 0 Å². The van der Waals surface area contributed by atoms with Crippen molar-refractivity contribution in [2.24, 2.45) is 5.73 Å². The SMILES string of the molecule is NC(=O)C1CNCCN1CCOc1ccc(Cl)cc1. The number of nitrogens with zero attached hydrogens (tertiary/aromatic N) is 1. The lowest BCUT2D eigenvalue weighted by atomic mass is 10.2. The molecule has 0 aromatic heterocycles. The zero-order valence-corrected chi connectivity index (χ0v) is 11.4. The van der Waals surface area contributed by atoms with Crippen molar-refractivity contribution in [1.29, 1.82) is 0 Å². The fourth-order valence-corrected chi connectivity index (χ4v) is 2.23. The highest BCUT2D eigenvalue weighted by Gasteiger charge is 2.26. The standard InChI is InChI=1S/C13H18ClN3O2/c14-10-1-3-11(4-2-10)19-8-7-17-6-5-16-9-12(17)13(15)18/h1-4,12,16H,5-9H2,(H2,15,18). The van der Waals surface area contributed by atoms with Gasteiger partial charge in [-0.2, -0.15) is 0 Å². The van der Waals surface area contributed by atoms with Crippen LogP contribution in [0, 0.1) is 0 Å². The summed E-state index contributed by atoms with van der Waals surface area (Å²) in [6.07, 6.45) is 0. The van der Waals surface area contributed by atoms with Crippen LogP contribution >= 0.6 is 11.6 Å². The summed E-state index contributed by atoms with van der Waals surface area (Å²) in [5.41, 5.74) is 5.38. The lowest BCUT2D eigenvalue weighted by molar-refractivity contribution is -0.123. The second kappa shape index (κ2) is 6.75. The van der Waals surface area contributed by atoms with Crippen molar-refractivity contribution in [1.82, 2.24) is 10.2 Å². The predicted octanol–water partition coefficient (Wildman–Crippen LogP) is 0.478. The van der Waals surface area contributed by atoms with Crippen LogP contribution in [0.5, 0.6) is 5.75 Å². The number of carbonyl (C=O) groups excluding carboxylic acids is 1. The van der Waals surface area contributed by atoms with Crippen molar-refractivity contribution in [2.45, 2.75) is 6.04 Å². The molecule has 1 aromatic rings. The molecule has 104 valence electrons. The Hall–Kier alpha value is -1.30. The fourth-order valence-electron chi connectivity index (χ4n) is 2.11. The Labute approximate surface area is 117 Å². The number of halogens is 1. The fraction of sp³-hybridized carbons (Fsp3) is 0.462. The molecule has 19 heavy (non-hydrogen) atoms. The van der Waals surface area contributed by atoms with Gasteiger partial charge in [0.05, 0.1) is 0 Å². The van der Waals surface area contributed by atoms with Crippen LogP contribution < -0.4 is 15.8 Å². The smallest absolute Gasteiger partial charge is 0.236 e. The van der Waals surface area contributed by atoms with Gasteiger partial charge in [0.2, 0.25) is 5.91 Å². The molecule has 0 saturated carbocycles.